The van der Waals surface area contributed by atoms with Gasteiger partial charge in [0.2, 0.25) is 5.91 Å². The van der Waals surface area contributed by atoms with Crippen LogP contribution in [0.1, 0.15) is 0 Å². The van der Waals surface area contributed by atoms with E-state index in [9.17, 15) is 4.79 Å². The molecule has 0 spiro atoms. The summed E-state index contributed by atoms with van der Waals surface area (Å²) in [7, 11) is 5.27. The van der Waals surface area contributed by atoms with Gasteiger partial charge in [0.15, 0.2) is 0 Å². The van der Waals surface area contributed by atoms with Crippen LogP contribution < -0.4 is 10.6 Å². The minimum absolute atomic E-state index is 0.0396. The number of likely N-dealkylation sites (N-methyl/N-ethyl adjacent to an activating group) is 1. The topological polar surface area (TPSA) is 57.3 Å². The summed E-state index contributed by atoms with van der Waals surface area (Å²) in [5.41, 5.74) is 0.879. The van der Waals surface area contributed by atoms with Crippen molar-refractivity contribution in [3.05, 3.63) is 18.3 Å². The summed E-state index contributed by atoms with van der Waals surface area (Å²) in [4.78, 5) is 16.9. The van der Waals surface area contributed by atoms with Gasteiger partial charge >= 0.3 is 0 Å². The first-order chi connectivity index (χ1) is 7.13. The van der Waals surface area contributed by atoms with E-state index < -0.39 is 0 Å². The second-order valence-corrected chi connectivity index (χ2v) is 3.32. The van der Waals surface area contributed by atoms with E-state index in [1.54, 1.807) is 32.2 Å². The number of carbonyl (C=O) groups excluding carboxylic acids is 1. The maximum atomic E-state index is 11.3. The van der Waals surface area contributed by atoms with Gasteiger partial charge in [-0.05, 0) is 6.07 Å². The van der Waals surface area contributed by atoms with E-state index in [1.165, 1.54) is 0 Å². The lowest BCUT2D eigenvalue weighted by atomic mass is 10.3. The molecule has 1 aromatic rings. The fourth-order valence-corrected chi connectivity index (χ4v) is 1.01. The van der Waals surface area contributed by atoms with Crippen LogP contribution in [0.2, 0.25) is 0 Å². The zero-order chi connectivity index (χ0) is 11.3. The van der Waals surface area contributed by atoms with Crippen molar-refractivity contribution in [1.29, 1.82) is 0 Å². The SMILES string of the molecule is CNc1cc(NCC(=O)N(C)C)ccn1. The monoisotopic (exact) mass is 208 g/mol. The number of nitrogens with zero attached hydrogens (tertiary/aromatic N) is 2. The molecular weight excluding hydrogens is 192 g/mol. The molecule has 5 nitrogen and oxygen atoms in total. The second-order valence-electron chi connectivity index (χ2n) is 3.32. The molecule has 0 fully saturated rings. The molecule has 1 heterocycles. The second kappa shape index (κ2) is 5.19. The van der Waals surface area contributed by atoms with Gasteiger partial charge in [0.1, 0.15) is 5.82 Å². The van der Waals surface area contributed by atoms with E-state index in [0.717, 1.165) is 11.5 Å². The Hall–Kier alpha value is -1.78. The molecule has 0 aliphatic rings. The largest absolute Gasteiger partial charge is 0.376 e. The van der Waals surface area contributed by atoms with E-state index in [4.69, 9.17) is 0 Å². The van der Waals surface area contributed by atoms with Crippen LogP contribution in [0.15, 0.2) is 18.3 Å². The first-order valence-electron chi connectivity index (χ1n) is 4.71. The highest BCUT2D eigenvalue weighted by molar-refractivity contribution is 5.80. The van der Waals surface area contributed by atoms with Crippen LogP contribution in [0, 0.1) is 0 Å². The van der Waals surface area contributed by atoms with Gasteiger partial charge in [0.25, 0.3) is 0 Å². The van der Waals surface area contributed by atoms with E-state index in [1.807, 2.05) is 12.1 Å². The number of aromatic nitrogens is 1. The van der Waals surface area contributed by atoms with Gasteiger partial charge in [0.05, 0.1) is 6.54 Å². The molecule has 15 heavy (non-hydrogen) atoms. The van der Waals surface area contributed by atoms with Crippen molar-refractivity contribution in [3.8, 4) is 0 Å². The maximum Gasteiger partial charge on any atom is 0.241 e. The van der Waals surface area contributed by atoms with Gasteiger partial charge in [-0.1, -0.05) is 0 Å². The third-order valence-electron chi connectivity index (χ3n) is 1.96. The molecule has 0 saturated carbocycles. The smallest absolute Gasteiger partial charge is 0.241 e. The lowest BCUT2D eigenvalue weighted by Crippen LogP contribution is -2.28. The molecule has 1 aromatic heterocycles. The average Bonchev–Trinajstić information content (AvgIpc) is 2.26. The Kier molecular flexibility index (Phi) is 3.91. The molecule has 0 aromatic carbocycles. The Balaban J connectivity index is 2.54. The van der Waals surface area contributed by atoms with Gasteiger partial charge in [-0.15, -0.1) is 0 Å². The van der Waals surface area contributed by atoms with Crippen molar-refractivity contribution in [1.82, 2.24) is 9.88 Å². The Morgan fingerprint density at radius 1 is 1.53 bits per heavy atom. The molecule has 0 bridgehead atoms. The first-order valence-corrected chi connectivity index (χ1v) is 4.71. The van der Waals surface area contributed by atoms with Gasteiger partial charge in [-0.25, -0.2) is 4.98 Å². The van der Waals surface area contributed by atoms with Crippen molar-refractivity contribution in [2.75, 3.05) is 38.3 Å². The third kappa shape index (κ3) is 3.46. The molecule has 5 heteroatoms. The predicted octanol–water partition coefficient (Wildman–Crippen LogP) is 0.623. The summed E-state index contributed by atoms with van der Waals surface area (Å²) in [5, 5.41) is 5.96. The highest BCUT2D eigenvalue weighted by Gasteiger charge is 2.03. The molecule has 1 amide bonds. The van der Waals surface area contributed by atoms with Gasteiger partial charge in [-0.2, -0.15) is 0 Å². The van der Waals surface area contributed by atoms with E-state index >= 15 is 0 Å². The average molecular weight is 208 g/mol. The molecule has 0 atom stereocenters. The Morgan fingerprint density at radius 3 is 2.87 bits per heavy atom. The highest BCUT2D eigenvalue weighted by atomic mass is 16.2. The highest BCUT2D eigenvalue weighted by Crippen LogP contribution is 2.10. The number of pyridine rings is 1. The van der Waals surface area contributed by atoms with Crippen molar-refractivity contribution in [2.45, 2.75) is 0 Å². The number of anilines is 2. The molecule has 0 unspecified atom stereocenters. The Morgan fingerprint density at radius 2 is 2.27 bits per heavy atom. The minimum atomic E-state index is 0.0396. The lowest BCUT2D eigenvalue weighted by Gasteiger charge is -2.12. The molecule has 1 rings (SSSR count). The Bertz CT molecular complexity index is 338. The summed E-state index contributed by atoms with van der Waals surface area (Å²) >= 11 is 0. The van der Waals surface area contributed by atoms with Crippen LogP contribution in [0.25, 0.3) is 0 Å². The first kappa shape index (κ1) is 11.3. The van der Waals surface area contributed by atoms with Crippen LogP contribution in [0.4, 0.5) is 11.5 Å². The number of carbonyl (C=O) groups is 1. The van der Waals surface area contributed by atoms with Crippen LogP contribution in [0.5, 0.6) is 0 Å². The van der Waals surface area contributed by atoms with E-state index in [2.05, 4.69) is 15.6 Å². The zero-order valence-electron chi connectivity index (χ0n) is 9.24. The summed E-state index contributed by atoms with van der Waals surface area (Å²) < 4.78 is 0. The molecular formula is C10H16N4O. The molecule has 0 radical (unpaired) electrons. The van der Waals surface area contributed by atoms with E-state index in [-0.39, 0.29) is 5.91 Å². The van der Waals surface area contributed by atoms with Crippen molar-refractivity contribution >= 4 is 17.4 Å². The molecule has 82 valence electrons. The summed E-state index contributed by atoms with van der Waals surface area (Å²) in [6.45, 7) is 0.292. The Labute approximate surface area is 89.5 Å². The quantitative estimate of drug-likeness (QED) is 0.761. The normalized spacial score (nSPS) is 9.53. The number of nitrogens with one attached hydrogen (secondary N) is 2. The molecule has 0 aliphatic heterocycles. The third-order valence-corrected chi connectivity index (χ3v) is 1.96. The number of hydrogen-bond donors (Lipinski definition) is 2. The van der Waals surface area contributed by atoms with Crippen LogP contribution in [-0.4, -0.2) is 43.5 Å². The molecule has 0 aliphatic carbocycles. The van der Waals surface area contributed by atoms with Crippen molar-refractivity contribution in [3.63, 3.8) is 0 Å². The van der Waals surface area contributed by atoms with Crippen LogP contribution in [-0.2, 0) is 4.79 Å². The lowest BCUT2D eigenvalue weighted by molar-refractivity contribution is -0.126. The summed E-state index contributed by atoms with van der Waals surface area (Å²) in [6, 6.07) is 3.67. The van der Waals surface area contributed by atoms with Crippen LogP contribution >= 0.6 is 0 Å². The standard InChI is InChI=1S/C10H16N4O/c1-11-9-6-8(4-5-12-9)13-7-10(15)14(2)3/h4-6H,7H2,1-3H3,(H2,11,12,13). The fourth-order valence-electron chi connectivity index (χ4n) is 1.01. The zero-order valence-corrected chi connectivity index (χ0v) is 9.24. The number of rotatable bonds is 4. The van der Waals surface area contributed by atoms with Gasteiger partial charge in [-0.3, -0.25) is 4.79 Å². The van der Waals surface area contributed by atoms with Crippen molar-refractivity contribution in [2.24, 2.45) is 0 Å². The minimum Gasteiger partial charge on any atom is -0.376 e. The van der Waals surface area contributed by atoms with Gasteiger partial charge < -0.3 is 15.5 Å². The number of hydrogen-bond acceptors (Lipinski definition) is 4. The molecule has 0 saturated heterocycles. The fraction of sp³-hybridized carbons (Fsp3) is 0.400. The predicted molar refractivity (Wildman–Crippen MR) is 61.0 cm³/mol. The van der Waals surface area contributed by atoms with Crippen LogP contribution in [0.3, 0.4) is 0 Å². The summed E-state index contributed by atoms with van der Waals surface area (Å²) in [6.07, 6.45) is 1.69. The number of amides is 1. The van der Waals surface area contributed by atoms with E-state index in [0.29, 0.717) is 6.54 Å². The van der Waals surface area contributed by atoms with Crippen molar-refractivity contribution < 1.29 is 4.79 Å². The molecule has 2 N–H and O–H groups in total. The summed E-state index contributed by atoms with van der Waals surface area (Å²) in [5.74, 6) is 0.815. The van der Waals surface area contributed by atoms with Gasteiger partial charge in [0, 0.05) is 39.1 Å². The maximum absolute atomic E-state index is 11.3.